The first-order valence-electron chi connectivity index (χ1n) is 18.6. The molecule has 0 aliphatic carbocycles. The topological polar surface area (TPSA) is 143 Å². The van der Waals surface area contributed by atoms with E-state index < -0.39 is 19.5 Å². The van der Waals surface area contributed by atoms with Crippen molar-refractivity contribution in [2.75, 3.05) is 30.2 Å². The zero-order valence-electron chi connectivity index (χ0n) is 30.9. The second-order valence-corrected chi connectivity index (χ2v) is 18.7. The van der Waals surface area contributed by atoms with E-state index in [1.807, 2.05) is 11.5 Å². The van der Waals surface area contributed by atoms with Crippen molar-refractivity contribution in [3.05, 3.63) is 12.7 Å². The van der Waals surface area contributed by atoms with Gasteiger partial charge in [-0.2, -0.15) is 0 Å². The van der Waals surface area contributed by atoms with E-state index in [4.69, 9.17) is 30.9 Å². The van der Waals surface area contributed by atoms with Crippen molar-refractivity contribution in [1.82, 2.24) is 24.6 Å². The fourth-order valence-corrected chi connectivity index (χ4v) is 9.01. The van der Waals surface area contributed by atoms with Crippen LogP contribution in [0.4, 0.5) is 5.82 Å². The molecule has 11 nitrogen and oxygen atoms in total. The normalized spacial score (nSPS) is 15.0. The maximum atomic E-state index is 13.9. The van der Waals surface area contributed by atoms with Crippen molar-refractivity contribution in [2.24, 2.45) is 0 Å². The summed E-state index contributed by atoms with van der Waals surface area (Å²) in [5, 5.41) is 2.87. The SMILES string of the molecule is CCCCCCCCCCCCCCCCCCS(=S)CCO[P@@](=O)(CO[C@H](C)Cn1cnc2c(N)ncnc21)N[C@@H](C)C(=O)OC(C)C. The lowest BCUT2D eigenvalue weighted by Crippen LogP contribution is -2.36. The number of anilines is 1. The predicted octanol–water partition coefficient (Wildman–Crippen LogP) is 8.25. The molecule has 14 heteroatoms. The smallest absolute Gasteiger partial charge is 0.323 e. The minimum atomic E-state index is -3.58. The molecule has 4 atom stereocenters. The lowest BCUT2D eigenvalue weighted by Gasteiger charge is -2.25. The van der Waals surface area contributed by atoms with Gasteiger partial charge in [0.05, 0.1) is 31.7 Å². The van der Waals surface area contributed by atoms with E-state index in [1.54, 1.807) is 27.1 Å². The van der Waals surface area contributed by atoms with Crippen LogP contribution >= 0.6 is 7.52 Å². The van der Waals surface area contributed by atoms with Crippen LogP contribution in [0.5, 0.6) is 0 Å². The Morgan fingerprint density at radius 2 is 1.47 bits per heavy atom. The first-order chi connectivity index (χ1) is 23.5. The summed E-state index contributed by atoms with van der Waals surface area (Å²) in [6.07, 6.45) is 23.6. The minimum absolute atomic E-state index is 0.221. The van der Waals surface area contributed by atoms with E-state index in [0.29, 0.717) is 29.3 Å². The summed E-state index contributed by atoms with van der Waals surface area (Å²) >= 11 is 5.73. The van der Waals surface area contributed by atoms with Gasteiger partial charge in [0, 0.05) is 5.75 Å². The van der Waals surface area contributed by atoms with E-state index in [-0.39, 0.29) is 34.6 Å². The highest BCUT2D eigenvalue weighted by molar-refractivity contribution is 8.28. The summed E-state index contributed by atoms with van der Waals surface area (Å²) in [7, 11) is -3.84. The molecule has 2 aromatic rings. The number of ether oxygens (including phenoxy) is 2. The summed E-state index contributed by atoms with van der Waals surface area (Å²) in [6, 6.07) is -0.837. The van der Waals surface area contributed by atoms with Gasteiger partial charge in [-0.1, -0.05) is 114 Å². The maximum Gasteiger partial charge on any atom is 0.323 e. The maximum absolute atomic E-state index is 13.9. The largest absolute Gasteiger partial charge is 0.462 e. The zero-order chi connectivity index (χ0) is 35.9. The summed E-state index contributed by atoms with van der Waals surface area (Å²) < 4.78 is 33.0. The number of nitrogens with two attached hydrogens (primary N) is 1. The Morgan fingerprint density at radius 3 is 2.04 bits per heavy atom. The van der Waals surface area contributed by atoms with Gasteiger partial charge in [0.25, 0.3) is 7.52 Å². The molecule has 3 N–H and O–H groups in total. The van der Waals surface area contributed by atoms with E-state index in [2.05, 4.69) is 27.0 Å². The van der Waals surface area contributed by atoms with Crippen molar-refractivity contribution in [2.45, 2.75) is 162 Å². The summed E-state index contributed by atoms with van der Waals surface area (Å²) in [4.78, 5) is 25.0. The van der Waals surface area contributed by atoms with Gasteiger partial charge in [0.1, 0.15) is 24.2 Å². The predicted molar refractivity (Wildman–Crippen MR) is 207 cm³/mol. The minimum Gasteiger partial charge on any atom is -0.462 e. The Balaban J connectivity index is 1.67. The third kappa shape index (κ3) is 19.1. The molecule has 2 aromatic heterocycles. The fourth-order valence-electron chi connectivity index (χ4n) is 5.57. The number of carbonyl (C=O) groups is 1. The van der Waals surface area contributed by atoms with Gasteiger partial charge >= 0.3 is 5.97 Å². The fraction of sp³-hybridized carbons (Fsp3) is 0.829. The summed E-state index contributed by atoms with van der Waals surface area (Å²) in [6.45, 7) is 9.91. The van der Waals surface area contributed by atoms with Gasteiger partial charge in [-0.3, -0.25) is 9.36 Å². The number of imidazole rings is 1. The van der Waals surface area contributed by atoms with Crippen molar-refractivity contribution in [3.63, 3.8) is 0 Å². The number of hydrogen-bond acceptors (Lipinski definition) is 10. The van der Waals surface area contributed by atoms with Crippen LogP contribution < -0.4 is 10.8 Å². The van der Waals surface area contributed by atoms with Crippen molar-refractivity contribution < 1.29 is 23.4 Å². The lowest BCUT2D eigenvalue weighted by atomic mass is 10.0. The molecular weight excluding hydrogens is 680 g/mol. The summed E-state index contributed by atoms with van der Waals surface area (Å²) in [5.41, 5.74) is 7.01. The van der Waals surface area contributed by atoms with Gasteiger partial charge in [-0.15, -0.1) is 9.45 Å². The molecule has 0 amide bonds. The highest BCUT2D eigenvalue weighted by Gasteiger charge is 2.31. The van der Waals surface area contributed by atoms with Gasteiger partial charge < -0.3 is 24.3 Å². The third-order valence-corrected chi connectivity index (χ3v) is 12.6. The number of carbonyl (C=O) groups excluding carboxylic acids is 1. The quantitative estimate of drug-likeness (QED) is 0.0453. The van der Waals surface area contributed by atoms with Crippen LogP contribution in [0.1, 0.15) is 137 Å². The van der Waals surface area contributed by atoms with Crippen molar-refractivity contribution in [3.8, 4) is 0 Å². The number of hydrogen-bond donors (Lipinski definition) is 2. The van der Waals surface area contributed by atoms with Crippen LogP contribution in [-0.2, 0) is 50.5 Å². The Kier molecular flexibility index (Phi) is 22.7. The molecule has 0 aliphatic heterocycles. The molecule has 0 aliphatic rings. The molecular formula is C35H65N6O5PS2. The molecule has 0 aromatic carbocycles. The molecule has 282 valence electrons. The highest BCUT2D eigenvalue weighted by atomic mass is 32.8. The Morgan fingerprint density at radius 1 is 0.898 bits per heavy atom. The number of esters is 1. The van der Waals surface area contributed by atoms with Crippen molar-refractivity contribution in [1.29, 1.82) is 0 Å². The standard InChI is InChI=1S/C35H65N6O5PS2/c1-6-7-8-9-10-11-12-13-14-15-16-17-18-19-20-21-23-49(48)24-22-45-47(43,40-31(5)35(42)46-29(2)3)28-44-30(4)25-41-27-39-32-33(36)37-26-38-34(32)41/h26-27,29-31H,6-25,28H2,1-5H3,(H,40,43)(H2,36,37,38)/t30-,31+,47+,49?/m1/s1. The average molecular weight is 745 g/mol. The monoisotopic (exact) mass is 744 g/mol. The highest BCUT2D eigenvalue weighted by Crippen LogP contribution is 2.43. The number of rotatable bonds is 30. The summed E-state index contributed by atoms with van der Waals surface area (Å²) in [5.74, 6) is 1.40. The Bertz CT molecular complexity index is 1270. The van der Waals surface area contributed by atoms with Gasteiger partial charge in [0.15, 0.2) is 11.5 Å². The van der Waals surface area contributed by atoms with Crippen LogP contribution in [0, 0.1) is 0 Å². The van der Waals surface area contributed by atoms with Gasteiger partial charge in [-0.25, -0.2) is 20.0 Å². The molecule has 0 fully saturated rings. The van der Waals surface area contributed by atoms with Gasteiger partial charge in [-0.05, 0) is 39.9 Å². The van der Waals surface area contributed by atoms with E-state index in [1.165, 1.54) is 103 Å². The Labute approximate surface area is 303 Å². The number of unbranched alkanes of at least 4 members (excludes halogenated alkanes) is 15. The number of fused-ring (bicyclic) bond motifs is 1. The zero-order valence-corrected chi connectivity index (χ0v) is 33.4. The van der Waals surface area contributed by atoms with Crippen LogP contribution in [0.2, 0.25) is 0 Å². The van der Waals surface area contributed by atoms with Crippen LogP contribution in [0.15, 0.2) is 12.7 Å². The van der Waals surface area contributed by atoms with E-state index in [0.717, 1.165) is 12.2 Å². The van der Waals surface area contributed by atoms with E-state index in [9.17, 15) is 9.36 Å². The molecule has 0 spiro atoms. The number of nitrogen functional groups attached to an aromatic ring is 1. The molecule has 2 rings (SSSR count). The second kappa shape index (κ2) is 25.5. The molecule has 0 radical (unpaired) electrons. The number of nitrogens with zero attached hydrogens (tertiary/aromatic N) is 4. The third-order valence-electron chi connectivity index (χ3n) is 8.34. The Hall–Kier alpha value is -1.50. The van der Waals surface area contributed by atoms with Crippen LogP contribution in [0.25, 0.3) is 11.2 Å². The van der Waals surface area contributed by atoms with Crippen molar-refractivity contribution >= 4 is 51.1 Å². The average Bonchev–Trinajstić information content (AvgIpc) is 3.47. The molecule has 49 heavy (non-hydrogen) atoms. The number of nitrogens with one attached hydrogen (secondary N) is 1. The molecule has 0 bridgehead atoms. The molecule has 0 saturated heterocycles. The molecule has 1 unspecified atom stereocenters. The number of aromatic nitrogens is 4. The second-order valence-electron chi connectivity index (χ2n) is 13.4. The first kappa shape index (κ1) is 43.7. The van der Waals surface area contributed by atoms with Crippen LogP contribution in [-0.4, -0.2) is 68.2 Å². The van der Waals surface area contributed by atoms with Gasteiger partial charge in [0.2, 0.25) is 0 Å². The molecule has 2 heterocycles. The van der Waals surface area contributed by atoms with E-state index >= 15 is 0 Å². The van der Waals surface area contributed by atoms with Crippen LogP contribution in [0.3, 0.4) is 0 Å². The first-order valence-corrected chi connectivity index (χ1v) is 22.9. The lowest BCUT2D eigenvalue weighted by molar-refractivity contribution is -0.149. The molecule has 0 saturated carbocycles.